The van der Waals surface area contributed by atoms with Crippen molar-refractivity contribution in [2.24, 2.45) is 0 Å². The standard InChI is InChI=1S/C32H41NO2/c1-4-6-8-10-12-25(3)35-32(34)29-20-18-27(19-21-29)30-22-23-31(33-24-30)28-16-14-26(15-17-28)13-11-9-7-5-2/h14-25H,4-13H2,1-3H3. The molecule has 0 saturated heterocycles. The van der Waals surface area contributed by atoms with Crippen LogP contribution < -0.4 is 0 Å². The largest absolute Gasteiger partial charge is 0.459 e. The summed E-state index contributed by atoms with van der Waals surface area (Å²) < 4.78 is 5.62. The highest BCUT2D eigenvalue weighted by Crippen LogP contribution is 2.24. The van der Waals surface area contributed by atoms with Gasteiger partial charge in [0.1, 0.15) is 0 Å². The molecule has 0 saturated carbocycles. The van der Waals surface area contributed by atoms with E-state index in [9.17, 15) is 4.79 Å². The minimum Gasteiger partial charge on any atom is -0.459 e. The fraction of sp³-hybridized carbons (Fsp3) is 0.438. The van der Waals surface area contributed by atoms with Crippen molar-refractivity contribution in [3.8, 4) is 22.4 Å². The molecule has 0 radical (unpaired) electrons. The molecule has 0 aliphatic carbocycles. The molecule has 0 fully saturated rings. The topological polar surface area (TPSA) is 39.2 Å². The number of nitrogens with zero attached hydrogens (tertiary/aromatic N) is 1. The Morgan fingerprint density at radius 1 is 0.743 bits per heavy atom. The number of carbonyl (C=O) groups excluding carboxylic acids is 1. The summed E-state index contributed by atoms with van der Waals surface area (Å²) in [5, 5.41) is 0. The maximum absolute atomic E-state index is 12.5. The first-order valence-electron chi connectivity index (χ1n) is 13.5. The Labute approximate surface area is 212 Å². The molecule has 1 atom stereocenters. The second-order valence-corrected chi connectivity index (χ2v) is 9.58. The smallest absolute Gasteiger partial charge is 0.338 e. The van der Waals surface area contributed by atoms with Crippen LogP contribution in [0.3, 0.4) is 0 Å². The Balaban J connectivity index is 1.54. The van der Waals surface area contributed by atoms with Crippen molar-refractivity contribution in [2.75, 3.05) is 0 Å². The lowest BCUT2D eigenvalue weighted by molar-refractivity contribution is 0.0319. The number of aromatic nitrogens is 1. The van der Waals surface area contributed by atoms with Crippen LogP contribution in [0.4, 0.5) is 0 Å². The van der Waals surface area contributed by atoms with E-state index in [0.29, 0.717) is 5.56 Å². The van der Waals surface area contributed by atoms with Crippen molar-refractivity contribution in [1.29, 1.82) is 0 Å². The number of hydrogen-bond acceptors (Lipinski definition) is 3. The summed E-state index contributed by atoms with van der Waals surface area (Å²) in [6, 6.07) is 20.6. The fourth-order valence-electron chi connectivity index (χ4n) is 4.30. The van der Waals surface area contributed by atoms with E-state index in [1.165, 1.54) is 50.5 Å². The molecule has 3 aromatic rings. The van der Waals surface area contributed by atoms with Crippen molar-refractivity contribution in [3.63, 3.8) is 0 Å². The van der Waals surface area contributed by atoms with Crippen LogP contribution in [0.25, 0.3) is 22.4 Å². The van der Waals surface area contributed by atoms with Gasteiger partial charge in [0.15, 0.2) is 0 Å². The molecular weight excluding hydrogens is 430 g/mol. The van der Waals surface area contributed by atoms with Crippen molar-refractivity contribution in [1.82, 2.24) is 4.98 Å². The molecular formula is C32H41NO2. The maximum atomic E-state index is 12.5. The summed E-state index contributed by atoms with van der Waals surface area (Å²) in [6.45, 7) is 6.43. The van der Waals surface area contributed by atoms with Gasteiger partial charge in [-0.05, 0) is 61.9 Å². The lowest BCUT2D eigenvalue weighted by Gasteiger charge is -2.13. The first-order chi connectivity index (χ1) is 17.1. The fourth-order valence-corrected chi connectivity index (χ4v) is 4.30. The van der Waals surface area contributed by atoms with Gasteiger partial charge in [-0.2, -0.15) is 0 Å². The zero-order valence-electron chi connectivity index (χ0n) is 21.8. The molecule has 0 aliphatic heterocycles. The number of benzene rings is 2. The molecule has 0 spiro atoms. The van der Waals surface area contributed by atoms with Crippen LogP contribution in [0.15, 0.2) is 66.9 Å². The van der Waals surface area contributed by atoms with Gasteiger partial charge in [-0.3, -0.25) is 4.98 Å². The van der Waals surface area contributed by atoms with Gasteiger partial charge >= 0.3 is 5.97 Å². The molecule has 35 heavy (non-hydrogen) atoms. The monoisotopic (exact) mass is 471 g/mol. The number of unbranched alkanes of at least 4 members (excludes halogenated alkanes) is 6. The minimum absolute atomic E-state index is 0.0501. The number of hydrogen-bond donors (Lipinski definition) is 0. The predicted molar refractivity (Wildman–Crippen MR) is 147 cm³/mol. The zero-order chi connectivity index (χ0) is 24.9. The van der Waals surface area contributed by atoms with Gasteiger partial charge in [0.25, 0.3) is 0 Å². The highest BCUT2D eigenvalue weighted by atomic mass is 16.5. The van der Waals surface area contributed by atoms with Crippen molar-refractivity contribution in [3.05, 3.63) is 78.0 Å². The van der Waals surface area contributed by atoms with Gasteiger partial charge < -0.3 is 4.74 Å². The Hall–Kier alpha value is -2.94. The van der Waals surface area contributed by atoms with Gasteiger partial charge in [0, 0.05) is 17.3 Å². The predicted octanol–water partition coefficient (Wildman–Crippen LogP) is 9.05. The molecule has 0 N–H and O–H groups in total. The van der Waals surface area contributed by atoms with Gasteiger partial charge in [0.05, 0.1) is 17.4 Å². The molecule has 3 rings (SSSR count). The summed E-state index contributed by atoms with van der Waals surface area (Å²) in [6.07, 6.45) is 13.8. The van der Waals surface area contributed by atoms with Crippen LogP contribution in [-0.2, 0) is 11.2 Å². The molecule has 0 aliphatic rings. The van der Waals surface area contributed by atoms with E-state index in [-0.39, 0.29) is 12.1 Å². The third kappa shape index (κ3) is 8.65. The first kappa shape index (κ1) is 26.7. The highest BCUT2D eigenvalue weighted by Gasteiger charge is 2.12. The third-order valence-electron chi connectivity index (χ3n) is 6.56. The van der Waals surface area contributed by atoms with Gasteiger partial charge in [-0.1, -0.05) is 94.8 Å². The van der Waals surface area contributed by atoms with Crippen molar-refractivity contribution < 1.29 is 9.53 Å². The average Bonchev–Trinajstić information content (AvgIpc) is 2.90. The van der Waals surface area contributed by atoms with Crippen LogP contribution in [-0.4, -0.2) is 17.1 Å². The third-order valence-corrected chi connectivity index (χ3v) is 6.56. The Morgan fingerprint density at radius 3 is 2.00 bits per heavy atom. The molecule has 1 heterocycles. The second-order valence-electron chi connectivity index (χ2n) is 9.58. The molecule has 3 heteroatoms. The average molecular weight is 472 g/mol. The summed E-state index contributed by atoms with van der Waals surface area (Å²) in [4.78, 5) is 17.2. The minimum atomic E-state index is -0.248. The Kier molecular flexibility index (Phi) is 11.0. The van der Waals surface area contributed by atoms with Crippen LogP contribution in [0.2, 0.25) is 0 Å². The molecule has 2 aromatic carbocycles. The molecule has 1 aromatic heterocycles. The quantitative estimate of drug-likeness (QED) is 0.174. The van der Waals surface area contributed by atoms with E-state index < -0.39 is 0 Å². The normalized spacial score (nSPS) is 11.9. The van der Waals surface area contributed by atoms with E-state index in [1.807, 2.05) is 37.4 Å². The number of ether oxygens (including phenoxy) is 1. The Bertz CT molecular complexity index is 1010. The molecule has 0 bridgehead atoms. The molecule has 1 unspecified atom stereocenters. The van der Waals surface area contributed by atoms with Crippen LogP contribution in [0, 0.1) is 0 Å². The van der Waals surface area contributed by atoms with E-state index in [1.54, 1.807) is 0 Å². The van der Waals surface area contributed by atoms with Crippen molar-refractivity contribution in [2.45, 2.75) is 91.1 Å². The van der Waals surface area contributed by atoms with E-state index >= 15 is 0 Å². The van der Waals surface area contributed by atoms with Gasteiger partial charge in [-0.25, -0.2) is 4.79 Å². The van der Waals surface area contributed by atoms with Crippen LogP contribution >= 0.6 is 0 Å². The van der Waals surface area contributed by atoms with E-state index in [0.717, 1.165) is 41.6 Å². The van der Waals surface area contributed by atoms with Gasteiger partial charge in [-0.15, -0.1) is 0 Å². The first-order valence-corrected chi connectivity index (χ1v) is 13.5. The van der Waals surface area contributed by atoms with Crippen LogP contribution in [0.1, 0.15) is 94.5 Å². The number of aryl methyl sites for hydroxylation is 1. The maximum Gasteiger partial charge on any atom is 0.338 e. The Morgan fingerprint density at radius 2 is 1.37 bits per heavy atom. The van der Waals surface area contributed by atoms with Crippen molar-refractivity contribution >= 4 is 5.97 Å². The highest BCUT2D eigenvalue weighted by molar-refractivity contribution is 5.90. The number of esters is 1. The van der Waals surface area contributed by atoms with Gasteiger partial charge in [0.2, 0.25) is 0 Å². The van der Waals surface area contributed by atoms with E-state index in [4.69, 9.17) is 4.74 Å². The molecule has 186 valence electrons. The summed E-state index contributed by atoms with van der Waals surface area (Å²) >= 11 is 0. The summed E-state index contributed by atoms with van der Waals surface area (Å²) in [5.74, 6) is -0.248. The molecule has 0 amide bonds. The number of carbonyl (C=O) groups is 1. The lowest BCUT2D eigenvalue weighted by Crippen LogP contribution is -2.15. The second kappa shape index (κ2) is 14.5. The lowest BCUT2D eigenvalue weighted by atomic mass is 10.0. The SMILES string of the molecule is CCCCCCc1ccc(-c2ccc(-c3ccc(C(=O)OC(C)CCCCCC)cc3)cn2)cc1. The van der Waals surface area contributed by atoms with E-state index in [2.05, 4.69) is 55.2 Å². The summed E-state index contributed by atoms with van der Waals surface area (Å²) in [5.41, 5.74) is 6.16. The zero-order valence-corrected chi connectivity index (χ0v) is 21.8. The molecule has 3 nitrogen and oxygen atoms in total. The number of rotatable bonds is 14. The van der Waals surface area contributed by atoms with Crippen LogP contribution in [0.5, 0.6) is 0 Å². The summed E-state index contributed by atoms with van der Waals surface area (Å²) in [7, 11) is 0. The number of pyridine rings is 1.